The quantitative estimate of drug-likeness (QED) is 0.434. The molecule has 0 heterocycles. The number of amides is 1. The van der Waals surface area contributed by atoms with Crippen LogP contribution in [0.5, 0.6) is 0 Å². The first-order valence-corrected chi connectivity index (χ1v) is 11.3. The smallest absolute Gasteiger partial charge is 0.261 e. The summed E-state index contributed by atoms with van der Waals surface area (Å²) in [5, 5.41) is 14.6. The Morgan fingerprint density at radius 2 is 1.76 bits per heavy atom. The Balaban J connectivity index is 1.61. The zero-order valence-electron chi connectivity index (χ0n) is 17.5. The average Bonchev–Trinajstić information content (AvgIpc) is 2.78. The van der Waals surface area contributed by atoms with Gasteiger partial charge < -0.3 is 10.6 Å². The van der Waals surface area contributed by atoms with E-state index in [2.05, 4.69) is 15.4 Å². The van der Waals surface area contributed by atoms with Crippen molar-refractivity contribution >= 4 is 27.3 Å². The van der Waals surface area contributed by atoms with Crippen LogP contribution in [0.4, 0.5) is 20.2 Å². The molecule has 0 aliphatic heterocycles. The van der Waals surface area contributed by atoms with Crippen LogP contribution < -0.4 is 15.4 Å². The molecule has 0 aliphatic rings. The van der Waals surface area contributed by atoms with Crippen LogP contribution in [0.15, 0.2) is 65.6 Å². The third-order valence-electron chi connectivity index (χ3n) is 4.68. The van der Waals surface area contributed by atoms with Gasteiger partial charge in [0, 0.05) is 24.3 Å². The summed E-state index contributed by atoms with van der Waals surface area (Å²) in [6.45, 7) is 1.92. The number of rotatable bonds is 8. The van der Waals surface area contributed by atoms with Crippen LogP contribution in [-0.4, -0.2) is 27.4 Å². The molecule has 0 bridgehead atoms. The SMILES string of the molecule is Cc1ccc(S(=O)(=O)Nc2cccc(C(=O)NCCNc3cccc(F)c3C#N)c2)cc1F. The van der Waals surface area contributed by atoms with Crippen molar-refractivity contribution in [3.05, 3.63) is 89.0 Å². The number of aryl methyl sites for hydroxylation is 1. The van der Waals surface area contributed by atoms with Gasteiger partial charge in [0.15, 0.2) is 0 Å². The molecule has 0 spiro atoms. The summed E-state index contributed by atoms with van der Waals surface area (Å²) >= 11 is 0. The first kappa shape index (κ1) is 23.7. The van der Waals surface area contributed by atoms with Crippen molar-refractivity contribution in [2.45, 2.75) is 11.8 Å². The van der Waals surface area contributed by atoms with Crippen molar-refractivity contribution in [1.29, 1.82) is 5.26 Å². The van der Waals surface area contributed by atoms with E-state index in [1.165, 1.54) is 55.5 Å². The minimum absolute atomic E-state index is 0.114. The maximum Gasteiger partial charge on any atom is 0.261 e. The van der Waals surface area contributed by atoms with Gasteiger partial charge in [-0.3, -0.25) is 9.52 Å². The van der Waals surface area contributed by atoms with Crippen LogP contribution in [0.2, 0.25) is 0 Å². The van der Waals surface area contributed by atoms with E-state index in [1.54, 1.807) is 12.1 Å². The Hall–Kier alpha value is -3.97. The predicted molar refractivity (Wildman–Crippen MR) is 120 cm³/mol. The lowest BCUT2D eigenvalue weighted by Gasteiger charge is -2.11. The number of sulfonamides is 1. The van der Waals surface area contributed by atoms with Gasteiger partial charge in [-0.1, -0.05) is 18.2 Å². The fourth-order valence-corrected chi connectivity index (χ4v) is 4.00. The second-order valence-corrected chi connectivity index (χ2v) is 8.74. The van der Waals surface area contributed by atoms with E-state index in [0.29, 0.717) is 11.3 Å². The van der Waals surface area contributed by atoms with E-state index in [9.17, 15) is 22.0 Å². The predicted octanol–water partition coefficient (Wildman–Crippen LogP) is 3.79. The molecule has 0 atom stereocenters. The first-order chi connectivity index (χ1) is 15.7. The molecule has 0 saturated carbocycles. The minimum Gasteiger partial charge on any atom is -0.382 e. The zero-order chi connectivity index (χ0) is 24.0. The minimum atomic E-state index is -4.05. The second kappa shape index (κ2) is 10.1. The molecule has 0 saturated heterocycles. The molecule has 3 rings (SSSR count). The third kappa shape index (κ3) is 5.84. The molecule has 3 aromatic rings. The Morgan fingerprint density at radius 1 is 1.00 bits per heavy atom. The number of carbonyl (C=O) groups is 1. The molecule has 10 heteroatoms. The van der Waals surface area contributed by atoms with Gasteiger partial charge in [0.2, 0.25) is 0 Å². The topological polar surface area (TPSA) is 111 Å². The molecular weight excluding hydrogens is 450 g/mol. The standard InChI is InChI=1S/C23H20F2N4O3S/c1-15-8-9-18(13-21(15)25)33(31,32)29-17-5-2-4-16(12-17)23(30)28-11-10-27-22-7-3-6-20(24)19(22)14-26/h2-9,12-13,27,29H,10-11H2,1H3,(H,28,30). The number of anilines is 2. The molecule has 0 radical (unpaired) electrons. The zero-order valence-corrected chi connectivity index (χ0v) is 18.3. The Kier molecular flexibility index (Phi) is 7.25. The number of halogens is 2. The molecule has 0 aromatic heterocycles. The highest BCUT2D eigenvalue weighted by atomic mass is 32.2. The molecule has 3 N–H and O–H groups in total. The number of nitrogens with zero attached hydrogens (tertiary/aromatic N) is 1. The van der Waals surface area contributed by atoms with Gasteiger partial charge in [-0.05, 0) is 55.0 Å². The van der Waals surface area contributed by atoms with Crippen LogP contribution in [0.3, 0.4) is 0 Å². The van der Waals surface area contributed by atoms with Gasteiger partial charge in [-0.25, -0.2) is 17.2 Å². The number of benzene rings is 3. The summed E-state index contributed by atoms with van der Waals surface area (Å²) in [6, 6.07) is 15.4. The van der Waals surface area contributed by atoms with Gasteiger partial charge in [-0.2, -0.15) is 5.26 Å². The van der Waals surface area contributed by atoms with Crippen molar-refractivity contribution in [3.8, 4) is 6.07 Å². The van der Waals surface area contributed by atoms with Gasteiger partial charge in [-0.15, -0.1) is 0 Å². The number of nitrogens with one attached hydrogen (secondary N) is 3. The maximum absolute atomic E-state index is 13.8. The monoisotopic (exact) mass is 470 g/mol. The highest BCUT2D eigenvalue weighted by Gasteiger charge is 2.17. The molecule has 170 valence electrons. The van der Waals surface area contributed by atoms with Crippen molar-refractivity contribution in [1.82, 2.24) is 5.32 Å². The van der Waals surface area contributed by atoms with E-state index < -0.39 is 27.6 Å². The summed E-state index contributed by atoms with van der Waals surface area (Å²) in [5.41, 5.74) is 0.866. The van der Waals surface area contributed by atoms with Gasteiger partial charge in [0.05, 0.1) is 10.6 Å². The molecule has 1 amide bonds. The van der Waals surface area contributed by atoms with Gasteiger partial charge in [0.1, 0.15) is 23.3 Å². The Morgan fingerprint density at radius 3 is 2.48 bits per heavy atom. The summed E-state index contributed by atoms with van der Waals surface area (Å²) in [4.78, 5) is 12.2. The summed E-state index contributed by atoms with van der Waals surface area (Å²) in [6.07, 6.45) is 0. The normalized spacial score (nSPS) is 10.8. The number of hydrogen-bond acceptors (Lipinski definition) is 5. The molecule has 7 nitrogen and oxygen atoms in total. The van der Waals surface area contributed by atoms with Crippen LogP contribution >= 0.6 is 0 Å². The Labute approximate surface area is 190 Å². The number of nitriles is 1. The van der Waals surface area contributed by atoms with E-state index >= 15 is 0 Å². The van der Waals surface area contributed by atoms with Crippen molar-refractivity contribution in [2.24, 2.45) is 0 Å². The van der Waals surface area contributed by atoms with Crippen LogP contribution in [-0.2, 0) is 10.0 Å². The van der Waals surface area contributed by atoms with E-state index in [0.717, 1.165) is 6.07 Å². The van der Waals surface area contributed by atoms with Crippen LogP contribution in [0.1, 0.15) is 21.5 Å². The van der Waals surface area contributed by atoms with E-state index in [1.807, 2.05) is 0 Å². The van der Waals surface area contributed by atoms with E-state index in [4.69, 9.17) is 5.26 Å². The second-order valence-electron chi connectivity index (χ2n) is 7.05. The lowest BCUT2D eigenvalue weighted by molar-refractivity contribution is 0.0955. The number of hydrogen-bond donors (Lipinski definition) is 3. The summed E-state index contributed by atoms with van der Waals surface area (Å²) in [7, 11) is -4.05. The number of carbonyl (C=O) groups excluding carboxylic acids is 1. The molecule has 0 unspecified atom stereocenters. The fraction of sp³-hybridized carbons (Fsp3) is 0.130. The first-order valence-electron chi connectivity index (χ1n) is 9.81. The average molecular weight is 471 g/mol. The lowest BCUT2D eigenvalue weighted by atomic mass is 10.2. The molecular formula is C23H20F2N4O3S. The fourth-order valence-electron chi connectivity index (χ4n) is 2.94. The third-order valence-corrected chi connectivity index (χ3v) is 6.06. The Bertz CT molecular complexity index is 1340. The van der Waals surface area contributed by atoms with Crippen LogP contribution in [0, 0.1) is 29.9 Å². The van der Waals surface area contributed by atoms with Crippen LogP contribution in [0.25, 0.3) is 0 Å². The highest BCUT2D eigenvalue weighted by Crippen LogP contribution is 2.20. The highest BCUT2D eigenvalue weighted by molar-refractivity contribution is 7.92. The van der Waals surface area contributed by atoms with Crippen molar-refractivity contribution in [3.63, 3.8) is 0 Å². The largest absolute Gasteiger partial charge is 0.382 e. The summed E-state index contributed by atoms with van der Waals surface area (Å²) in [5.74, 6) is -1.74. The molecule has 33 heavy (non-hydrogen) atoms. The van der Waals surface area contributed by atoms with E-state index in [-0.39, 0.29) is 34.8 Å². The van der Waals surface area contributed by atoms with Gasteiger partial charge in [0.25, 0.3) is 15.9 Å². The maximum atomic E-state index is 13.8. The molecule has 0 fully saturated rings. The summed E-state index contributed by atoms with van der Waals surface area (Å²) < 4.78 is 54.8. The lowest BCUT2D eigenvalue weighted by Crippen LogP contribution is -2.29. The van der Waals surface area contributed by atoms with Crippen molar-refractivity contribution < 1.29 is 22.0 Å². The van der Waals surface area contributed by atoms with Crippen molar-refractivity contribution in [2.75, 3.05) is 23.1 Å². The molecule has 3 aromatic carbocycles. The van der Waals surface area contributed by atoms with Gasteiger partial charge >= 0.3 is 0 Å². The molecule has 0 aliphatic carbocycles.